The first-order valence-corrected chi connectivity index (χ1v) is 8.36. The smallest absolute Gasteiger partial charge is 0.159 e. The van der Waals surface area contributed by atoms with E-state index in [1.807, 2.05) is 27.7 Å². The van der Waals surface area contributed by atoms with Crippen LogP contribution in [0.25, 0.3) is 0 Å². The van der Waals surface area contributed by atoms with Crippen LogP contribution in [-0.2, 0) is 12.8 Å². The summed E-state index contributed by atoms with van der Waals surface area (Å²) in [5, 5.41) is 0. The van der Waals surface area contributed by atoms with E-state index in [-0.39, 0.29) is 5.56 Å². The molecule has 0 nitrogen and oxygen atoms in total. The Morgan fingerprint density at radius 2 is 1.21 bits per heavy atom. The molecule has 0 aliphatic rings. The van der Waals surface area contributed by atoms with Gasteiger partial charge in [0.1, 0.15) is 11.6 Å². The van der Waals surface area contributed by atoms with Crippen LogP contribution in [0.4, 0.5) is 17.6 Å². The minimum atomic E-state index is -0.773. The maximum Gasteiger partial charge on any atom is 0.159 e. The first-order valence-electron chi connectivity index (χ1n) is 8.36. The fourth-order valence-electron chi connectivity index (χ4n) is 2.00. The normalized spacial score (nSPS) is 9.50. The Balaban J connectivity index is 0.000000400. The predicted molar refractivity (Wildman–Crippen MR) is 92.1 cm³/mol. The molecule has 134 valence electrons. The molecule has 0 unspecified atom stereocenters. The number of halogens is 4. The van der Waals surface area contributed by atoms with Crippen molar-refractivity contribution in [3.05, 3.63) is 70.8 Å². The predicted octanol–water partition coefficient (Wildman–Crippen LogP) is 6.86. The van der Waals surface area contributed by atoms with Gasteiger partial charge in [-0.05, 0) is 42.7 Å². The molecule has 0 N–H and O–H groups in total. The molecule has 0 saturated heterocycles. The van der Waals surface area contributed by atoms with Gasteiger partial charge < -0.3 is 0 Å². The highest BCUT2D eigenvalue weighted by molar-refractivity contribution is 5.19. The molecule has 2 rings (SSSR count). The minimum absolute atomic E-state index is 0.204. The van der Waals surface area contributed by atoms with Crippen LogP contribution in [0.15, 0.2) is 36.4 Å². The third-order valence-electron chi connectivity index (χ3n) is 3.08. The SMILES string of the molecule is CC.CCCc1c(F)cccc1F.CCCc1ccc(F)c(F)c1. The highest BCUT2D eigenvalue weighted by Crippen LogP contribution is 2.13. The lowest BCUT2D eigenvalue weighted by atomic mass is 10.1. The number of rotatable bonds is 4. The zero-order chi connectivity index (χ0) is 18.5. The first-order chi connectivity index (χ1) is 11.5. The molecule has 0 aliphatic carbocycles. The maximum atomic E-state index is 12.8. The minimum Gasteiger partial charge on any atom is -0.207 e. The molecule has 0 radical (unpaired) electrons. The van der Waals surface area contributed by atoms with Gasteiger partial charge in [0, 0.05) is 5.56 Å². The zero-order valence-corrected chi connectivity index (χ0v) is 14.8. The van der Waals surface area contributed by atoms with Gasteiger partial charge in [0.15, 0.2) is 11.6 Å². The van der Waals surface area contributed by atoms with Crippen molar-refractivity contribution in [3.8, 4) is 0 Å². The van der Waals surface area contributed by atoms with Crippen molar-refractivity contribution in [2.75, 3.05) is 0 Å². The molecule has 0 bridgehead atoms. The van der Waals surface area contributed by atoms with E-state index in [1.54, 1.807) is 6.07 Å². The Morgan fingerprint density at radius 3 is 1.67 bits per heavy atom. The second-order valence-electron chi connectivity index (χ2n) is 4.95. The van der Waals surface area contributed by atoms with E-state index < -0.39 is 23.3 Å². The van der Waals surface area contributed by atoms with E-state index in [2.05, 4.69) is 0 Å². The number of hydrogen-bond donors (Lipinski definition) is 0. The van der Waals surface area contributed by atoms with Crippen LogP contribution in [0, 0.1) is 23.3 Å². The first kappa shape index (κ1) is 22.2. The molecule has 0 atom stereocenters. The molecule has 4 heteroatoms. The van der Waals surface area contributed by atoms with Gasteiger partial charge in [0.25, 0.3) is 0 Å². The van der Waals surface area contributed by atoms with Crippen LogP contribution in [-0.4, -0.2) is 0 Å². The molecule has 0 spiro atoms. The van der Waals surface area contributed by atoms with Crippen molar-refractivity contribution < 1.29 is 17.6 Å². The molecule has 0 saturated carbocycles. The molecule has 24 heavy (non-hydrogen) atoms. The number of hydrogen-bond acceptors (Lipinski definition) is 0. The van der Waals surface area contributed by atoms with E-state index in [0.717, 1.165) is 24.8 Å². The Bertz CT molecular complexity index is 574. The topological polar surface area (TPSA) is 0 Å². The van der Waals surface area contributed by atoms with Crippen LogP contribution in [0.5, 0.6) is 0 Å². The summed E-state index contributed by atoms with van der Waals surface area (Å²) in [5.41, 5.74) is 1.06. The van der Waals surface area contributed by atoms with E-state index >= 15 is 0 Å². The molecule has 0 heterocycles. The van der Waals surface area contributed by atoms with Crippen LogP contribution in [0.2, 0.25) is 0 Å². The van der Waals surface area contributed by atoms with Gasteiger partial charge in [-0.3, -0.25) is 0 Å². The van der Waals surface area contributed by atoms with Crippen LogP contribution in [0.1, 0.15) is 51.7 Å². The highest BCUT2D eigenvalue weighted by Gasteiger charge is 2.05. The third-order valence-corrected chi connectivity index (χ3v) is 3.08. The molecular formula is C20H26F4. The largest absolute Gasteiger partial charge is 0.207 e. The molecule has 0 aliphatic heterocycles. The van der Waals surface area contributed by atoms with Crippen LogP contribution >= 0.6 is 0 Å². The quantitative estimate of drug-likeness (QED) is 0.532. The summed E-state index contributed by atoms with van der Waals surface area (Å²) in [4.78, 5) is 0. The molecule has 2 aromatic carbocycles. The Morgan fingerprint density at radius 1 is 0.667 bits per heavy atom. The van der Waals surface area contributed by atoms with E-state index in [1.165, 1.54) is 30.3 Å². The summed E-state index contributed by atoms with van der Waals surface area (Å²) in [6, 6.07) is 7.98. The fourth-order valence-corrected chi connectivity index (χ4v) is 2.00. The maximum absolute atomic E-state index is 12.8. The van der Waals surface area contributed by atoms with Gasteiger partial charge in [-0.15, -0.1) is 0 Å². The fraction of sp³-hybridized carbons (Fsp3) is 0.400. The van der Waals surface area contributed by atoms with E-state index in [0.29, 0.717) is 6.42 Å². The summed E-state index contributed by atoms with van der Waals surface area (Å²) in [6.07, 6.45) is 2.98. The standard InChI is InChI=1S/2C9H10F2.C2H6/c1-2-4-7-8(10)5-3-6-9(7)11;1-2-3-7-4-5-8(10)9(11)6-7;1-2/h3,5-6H,2,4H2,1H3;4-6H,2-3H2,1H3;1-2H3. The summed E-state index contributed by atoms with van der Waals surface area (Å²) in [5.74, 6) is -2.40. The van der Waals surface area contributed by atoms with Crippen molar-refractivity contribution in [2.24, 2.45) is 0 Å². The molecule has 2 aromatic rings. The molecule has 0 aromatic heterocycles. The summed E-state index contributed by atoms with van der Waals surface area (Å²) < 4.78 is 50.5. The summed E-state index contributed by atoms with van der Waals surface area (Å²) in [6.45, 7) is 7.90. The second kappa shape index (κ2) is 12.6. The average molecular weight is 342 g/mol. The molecule has 0 fully saturated rings. The van der Waals surface area contributed by atoms with E-state index in [9.17, 15) is 17.6 Å². The summed E-state index contributed by atoms with van der Waals surface area (Å²) in [7, 11) is 0. The highest BCUT2D eigenvalue weighted by atomic mass is 19.2. The van der Waals surface area contributed by atoms with Gasteiger partial charge in [-0.25, -0.2) is 17.6 Å². The lowest BCUT2D eigenvalue weighted by Gasteiger charge is -2.00. The van der Waals surface area contributed by atoms with Gasteiger partial charge in [-0.1, -0.05) is 52.7 Å². The Hall–Kier alpha value is -1.84. The van der Waals surface area contributed by atoms with Gasteiger partial charge >= 0.3 is 0 Å². The van der Waals surface area contributed by atoms with Crippen molar-refractivity contribution in [2.45, 2.75) is 53.4 Å². The molecular weight excluding hydrogens is 316 g/mol. The van der Waals surface area contributed by atoms with E-state index in [4.69, 9.17) is 0 Å². The Labute approximate surface area is 142 Å². The van der Waals surface area contributed by atoms with Crippen molar-refractivity contribution in [1.82, 2.24) is 0 Å². The lowest BCUT2D eigenvalue weighted by Crippen LogP contribution is -1.93. The zero-order valence-electron chi connectivity index (χ0n) is 14.8. The van der Waals surface area contributed by atoms with Gasteiger partial charge in [0.05, 0.1) is 0 Å². The van der Waals surface area contributed by atoms with Crippen LogP contribution in [0.3, 0.4) is 0 Å². The lowest BCUT2D eigenvalue weighted by molar-refractivity contribution is 0.507. The number of benzene rings is 2. The van der Waals surface area contributed by atoms with Crippen LogP contribution < -0.4 is 0 Å². The van der Waals surface area contributed by atoms with Crippen molar-refractivity contribution in [1.29, 1.82) is 0 Å². The third kappa shape index (κ3) is 7.62. The van der Waals surface area contributed by atoms with Crippen molar-refractivity contribution in [3.63, 3.8) is 0 Å². The summed E-state index contributed by atoms with van der Waals surface area (Å²) >= 11 is 0. The van der Waals surface area contributed by atoms with Crippen molar-refractivity contribution >= 4 is 0 Å². The molecule has 0 amide bonds. The van der Waals surface area contributed by atoms with Gasteiger partial charge in [0.2, 0.25) is 0 Å². The number of aryl methyl sites for hydroxylation is 1. The second-order valence-corrected chi connectivity index (χ2v) is 4.95. The van der Waals surface area contributed by atoms with Gasteiger partial charge in [-0.2, -0.15) is 0 Å². The average Bonchev–Trinajstić information content (AvgIpc) is 2.57. The Kier molecular flexibility index (Phi) is 11.6. The monoisotopic (exact) mass is 342 g/mol.